The first-order valence-electron chi connectivity index (χ1n) is 7.55. The van der Waals surface area contributed by atoms with Gasteiger partial charge in [-0.15, -0.1) is 0 Å². The van der Waals surface area contributed by atoms with Crippen LogP contribution in [0.2, 0.25) is 0 Å². The molecule has 0 aliphatic rings. The van der Waals surface area contributed by atoms with Crippen LogP contribution in [0, 0.1) is 0 Å². The summed E-state index contributed by atoms with van der Waals surface area (Å²) in [5.41, 5.74) is 0.448. The van der Waals surface area contributed by atoms with Crippen molar-refractivity contribution < 1.29 is 4.79 Å². The van der Waals surface area contributed by atoms with Crippen molar-refractivity contribution in [2.45, 2.75) is 66.2 Å². The maximum absolute atomic E-state index is 12.3. The highest BCUT2D eigenvalue weighted by atomic mass is 79.9. The Bertz CT molecular complexity index is 462. The van der Waals surface area contributed by atoms with Crippen molar-refractivity contribution in [3.63, 3.8) is 0 Å². The lowest BCUT2D eigenvalue weighted by molar-refractivity contribution is 0.0904. The number of amides is 1. The van der Waals surface area contributed by atoms with Crippen LogP contribution in [0.3, 0.4) is 0 Å². The number of nitrogens with zero attached hydrogens (tertiary/aromatic N) is 3. The molecule has 0 aliphatic carbocycles. The number of aromatic nitrogens is 2. The SMILES string of the molecule is CCn1cc(Br)c(C(=O)N[C@@H](C)CN(C(C)C)C(C)C)n1. The van der Waals surface area contributed by atoms with Gasteiger partial charge in [0.2, 0.25) is 0 Å². The normalized spacial score (nSPS) is 13.2. The Morgan fingerprint density at radius 3 is 2.33 bits per heavy atom. The second kappa shape index (κ2) is 7.94. The number of carbonyl (C=O) groups is 1. The van der Waals surface area contributed by atoms with Gasteiger partial charge in [0.05, 0.1) is 4.47 Å². The molecular formula is C15H27BrN4O. The highest BCUT2D eigenvalue weighted by molar-refractivity contribution is 9.10. The number of rotatable bonds is 7. The van der Waals surface area contributed by atoms with Crippen molar-refractivity contribution in [2.24, 2.45) is 0 Å². The predicted molar refractivity (Wildman–Crippen MR) is 89.5 cm³/mol. The zero-order chi connectivity index (χ0) is 16.2. The molecule has 1 heterocycles. The lowest BCUT2D eigenvalue weighted by Crippen LogP contribution is -2.47. The van der Waals surface area contributed by atoms with E-state index in [9.17, 15) is 4.79 Å². The number of hydrogen-bond donors (Lipinski definition) is 1. The Hall–Kier alpha value is -0.880. The highest BCUT2D eigenvalue weighted by Crippen LogP contribution is 2.15. The van der Waals surface area contributed by atoms with Crippen molar-refractivity contribution in [1.29, 1.82) is 0 Å². The molecular weight excluding hydrogens is 332 g/mol. The van der Waals surface area contributed by atoms with Crippen LogP contribution in [0.5, 0.6) is 0 Å². The van der Waals surface area contributed by atoms with Crippen molar-refractivity contribution in [3.8, 4) is 0 Å². The van der Waals surface area contributed by atoms with Gasteiger partial charge in [-0.1, -0.05) is 0 Å². The summed E-state index contributed by atoms with van der Waals surface area (Å²) in [5.74, 6) is -0.131. The zero-order valence-corrected chi connectivity index (χ0v) is 15.4. The summed E-state index contributed by atoms with van der Waals surface area (Å²) in [4.78, 5) is 14.7. The number of nitrogens with one attached hydrogen (secondary N) is 1. The molecule has 1 aromatic heterocycles. The van der Waals surface area contributed by atoms with Gasteiger partial charge in [-0.2, -0.15) is 5.10 Å². The standard InChI is InChI=1S/C15H27BrN4O/c1-7-19-9-13(16)14(18-19)15(21)17-12(6)8-20(10(2)3)11(4)5/h9-12H,7-8H2,1-6H3,(H,17,21)/t12-/m0/s1. The van der Waals surface area contributed by atoms with Crippen LogP contribution < -0.4 is 5.32 Å². The van der Waals surface area contributed by atoms with Gasteiger partial charge in [0.25, 0.3) is 5.91 Å². The molecule has 0 saturated carbocycles. The maximum Gasteiger partial charge on any atom is 0.273 e. The van der Waals surface area contributed by atoms with Crippen molar-refractivity contribution in [3.05, 3.63) is 16.4 Å². The zero-order valence-electron chi connectivity index (χ0n) is 13.9. The number of hydrogen-bond acceptors (Lipinski definition) is 3. The summed E-state index contributed by atoms with van der Waals surface area (Å²) >= 11 is 3.39. The van der Waals surface area contributed by atoms with Crippen LogP contribution in [-0.4, -0.2) is 45.3 Å². The van der Waals surface area contributed by atoms with E-state index in [1.807, 2.05) is 20.0 Å². The Kier molecular flexibility index (Phi) is 6.87. The van der Waals surface area contributed by atoms with Gasteiger partial charge < -0.3 is 5.32 Å². The molecule has 21 heavy (non-hydrogen) atoms. The van der Waals surface area contributed by atoms with Gasteiger partial charge in [0.15, 0.2) is 5.69 Å². The van der Waals surface area contributed by atoms with Crippen molar-refractivity contribution >= 4 is 21.8 Å². The average molecular weight is 359 g/mol. The Morgan fingerprint density at radius 2 is 1.90 bits per heavy atom. The summed E-state index contributed by atoms with van der Waals surface area (Å²) in [7, 11) is 0. The molecule has 0 radical (unpaired) electrons. The number of halogens is 1. The fraction of sp³-hybridized carbons (Fsp3) is 0.733. The quantitative estimate of drug-likeness (QED) is 0.815. The number of aryl methyl sites for hydroxylation is 1. The van der Waals surface area contributed by atoms with Gasteiger partial charge in [0, 0.05) is 37.4 Å². The van der Waals surface area contributed by atoms with Gasteiger partial charge in [-0.05, 0) is 57.5 Å². The van der Waals surface area contributed by atoms with Gasteiger partial charge in [0.1, 0.15) is 0 Å². The van der Waals surface area contributed by atoms with E-state index in [4.69, 9.17) is 0 Å². The van der Waals surface area contributed by atoms with E-state index in [1.165, 1.54) is 0 Å². The summed E-state index contributed by atoms with van der Waals surface area (Å²) in [6.07, 6.45) is 1.83. The molecule has 0 unspecified atom stereocenters. The molecule has 5 nitrogen and oxygen atoms in total. The first-order chi connectivity index (χ1) is 9.76. The largest absolute Gasteiger partial charge is 0.347 e. The molecule has 0 spiro atoms. The van der Waals surface area contributed by atoms with E-state index in [1.54, 1.807) is 4.68 Å². The van der Waals surface area contributed by atoms with Gasteiger partial charge in [-0.3, -0.25) is 14.4 Å². The Labute approximate surface area is 136 Å². The summed E-state index contributed by atoms with van der Waals surface area (Å²) in [6, 6.07) is 0.978. The third-order valence-electron chi connectivity index (χ3n) is 3.44. The minimum Gasteiger partial charge on any atom is -0.347 e. The molecule has 0 saturated heterocycles. The van der Waals surface area contributed by atoms with E-state index in [0.717, 1.165) is 17.6 Å². The molecule has 0 fully saturated rings. The number of carbonyl (C=O) groups excluding carboxylic acids is 1. The highest BCUT2D eigenvalue weighted by Gasteiger charge is 2.20. The van der Waals surface area contributed by atoms with Crippen LogP contribution in [0.25, 0.3) is 0 Å². The molecule has 0 bridgehead atoms. The van der Waals surface area contributed by atoms with Crippen LogP contribution >= 0.6 is 15.9 Å². The van der Waals surface area contributed by atoms with E-state index >= 15 is 0 Å². The first-order valence-corrected chi connectivity index (χ1v) is 8.35. The van der Waals surface area contributed by atoms with Crippen LogP contribution in [0.4, 0.5) is 0 Å². The Balaban J connectivity index is 2.67. The fourth-order valence-electron chi connectivity index (χ4n) is 2.38. The predicted octanol–water partition coefficient (Wildman–Crippen LogP) is 2.90. The average Bonchev–Trinajstić information content (AvgIpc) is 2.76. The smallest absolute Gasteiger partial charge is 0.273 e. The molecule has 1 N–H and O–H groups in total. The minimum absolute atomic E-state index is 0.0703. The molecule has 1 aromatic rings. The molecule has 0 aromatic carbocycles. The summed E-state index contributed by atoms with van der Waals surface area (Å²) in [5, 5.41) is 7.30. The lowest BCUT2D eigenvalue weighted by atomic mass is 10.2. The van der Waals surface area contributed by atoms with E-state index < -0.39 is 0 Å². The topological polar surface area (TPSA) is 50.2 Å². The van der Waals surface area contributed by atoms with Crippen molar-refractivity contribution in [2.75, 3.05) is 6.54 Å². The van der Waals surface area contributed by atoms with Crippen LogP contribution in [-0.2, 0) is 6.54 Å². The van der Waals surface area contributed by atoms with E-state index in [-0.39, 0.29) is 11.9 Å². The molecule has 1 atom stereocenters. The molecule has 1 amide bonds. The van der Waals surface area contributed by atoms with Crippen LogP contribution in [0.15, 0.2) is 10.7 Å². The van der Waals surface area contributed by atoms with Gasteiger partial charge >= 0.3 is 0 Å². The van der Waals surface area contributed by atoms with Crippen molar-refractivity contribution in [1.82, 2.24) is 20.0 Å². The second-order valence-electron chi connectivity index (χ2n) is 5.94. The minimum atomic E-state index is -0.131. The molecule has 6 heteroatoms. The van der Waals surface area contributed by atoms with E-state index in [2.05, 4.69) is 58.9 Å². The summed E-state index contributed by atoms with van der Waals surface area (Å²) in [6.45, 7) is 14.3. The maximum atomic E-state index is 12.3. The van der Waals surface area contributed by atoms with Gasteiger partial charge in [-0.25, -0.2) is 0 Å². The molecule has 1 rings (SSSR count). The molecule has 120 valence electrons. The summed E-state index contributed by atoms with van der Waals surface area (Å²) < 4.78 is 2.48. The molecule has 0 aliphatic heterocycles. The Morgan fingerprint density at radius 1 is 1.33 bits per heavy atom. The first kappa shape index (κ1) is 18.2. The van der Waals surface area contributed by atoms with E-state index in [0.29, 0.717) is 17.8 Å². The monoisotopic (exact) mass is 358 g/mol. The van der Waals surface area contributed by atoms with Crippen LogP contribution in [0.1, 0.15) is 52.0 Å². The third kappa shape index (κ3) is 5.11. The fourth-order valence-corrected chi connectivity index (χ4v) is 2.88. The lowest BCUT2D eigenvalue weighted by Gasteiger charge is -2.33. The second-order valence-corrected chi connectivity index (χ2v) is 6.79. The third-order valence-corrected chi connectivity index (χ3v) is 4.03.